The topological polar surface area (TPSA) is 43.4 Å². The molecule has 2 heterocycles. The molecule has 0 saturated carbocycles. The Balaban J connectivity index is 1.71. The lowest BCUT2D eigenvalue weighted by Gasteiger charge is -2.28. The molecule has 1 fully saturated rings. The molecule has 100 valence electrons. The van der Waals surface area contributed by atoms with E-state index in [1.807, 2.05) is 11.4 Å². The number of halogens is 1. The van der Waals surface area contributed by atoms with Crippen LogP contribution in [0.2, 0.25) is 5.02 Å². The first-order chi connectivity index (χ1) is 9.31. The molecule has 1 saturated heterocycles. The number of ether oxygens (including phenoxy) is 2. The van der Waals surface area contributed by atoms with Gasteiger partial charge in [-0.15, -0.1) is 11.3 Å². The Morgan fingerprint density at radius 2 is 2.26 bits per heavy atom. The summed E-state index contributed by atoms with van der Waals surface area (Å²) in [6, 6.07) is 5.42. The highest BCUT2D eigenvalue weighted by Gasteiger charge is 2.20. The zero-order valence-corrected chi connectivity index (χ0v) is 11.7. The average Bonchev–Trinajstić information content (AvgIpc) is 2.86. The van der Waals surface area contributed by atoms with Crippen molar-refractivity contribution in [3.63, 3.8) is 0 Å². The quantitative estimate of drug-likeness (QED) is 0.921. The second-order valence-electron chi connectivity index (χ2n) is 4.20. The number of thiazole rings is 1. The third-order valence-electron chi connectivity index (χ3n) is 2.78. The summed E-state index contributed by atoms with van der Waals surface area (Å²) in [5, 5.41) is 6.67. The first kappa shape index (κ1) is 12.7. The van der Waals surface area contributed by atoms with Crippen molar-refractivity contribution in [3.8, 4) is 11.5 Å². The van der Waals surface area contributed by atoms with Crippen LogP contribution in [0.15, 0.2) is 29.8 Å². The zero-order valence-electron chi connectivity index (χ0n) is 10.1. The van der Waals surface area contributed by atoms with E-state index in [9.17, 15) is 0 Å². The van der Waals surface area contributed by atoms with E-state index in [4.69, 9.17) is 21.1 Å². The Kier molecular flexibility index (Phi) is 3.87. The van der Waals surface area contributed by atoms with Crippen LogP contribution in [0.4, 0.5) is 0 Å². The highest BCUT2D eigenvalue weighted by atomic mass is 35.5. The Bertz CT molecular complexity index is 544. The van der Waals surface area contributed by atoms with E-state index in [1.165, 1.54) is 0 Å². The first-order valence-electron chi connectivity index (χ1n) is 5.99. The van der Waals surface area contributed by atoms with Gasteiger partial charge in [0.1, 0.15) is 17.7 Å². The van der Waals surface area contributed by atoms with Gasteiger partial charge in [-0.05, 0) is 12.1 Å². The maximum absolute atomic E-state index is 6.00. The monoisotopic (exact) mass is 296 g/mol. The molecule has 0 spiro atoms. The van der Waals surface area contributed by atoms with Crippen LogP contribution in [0.3, 0.4) is 0 Å². The maximum atomic E-state index is 6.00. The fourth-order valence-electron chi connectivity index (χ4n) is 1.68. The molecule has 0 atom stereocenters. The predicted molar refractivity (Wildman–Crippen MR) is 75.2 cm³/mol. The number of nitrogens with zero attached hydrogens (tertiary/aromatic N) is 1. The van der Waals surface area contributed by atoms with Crippen molar-refractivity contribution in [2.45, 2.75) is 12.7 Å². The maximum Gasteiger partial charge on any atom is 0.163 e. The molecule has 1 aliphatic rings. The van der Waals surface area contributed by atoms with Gasteiger partial charge < -0.3 is 14.8 Å². The SMILES string of the molecule is Clc1ccc(OCc2nccs2)c(OC2CNC2)c1. The molecule has 2 aromatic rings. The van der Waals surface area contributed by atoms with Gasteiger partial charge in [-0.2, -0.15) is 0 Å². The molecule has 0 unspecified atom stereocenters. The van der Waals surface area contributed by atoms with Crippen LogP contribution >= 0.6 is 22.9 Å². The lowest BCUT2D eigenvalue weighted by Crippen LogP contribution is -2.50. The molecule has 3 rings (SSSR count). The molecule has 6 heteroatoms. The van der Waals surface area contributed by atoms with Crippen molar-refractivity contribution >= 4 is 22.9 Å². The molecule has 1 aliphatic heterocycles. The van der Waals surface area contributed by atoms with Crippen molar-refractivity contribution in [1.29, 1.82) is 0 Å². The molecule has 1 N–H and O–H groups in total. The van der Waals surface area contributed by atoms with E-state index >= 15 is 0 Å². The van der Waals surface area contributed by atoms with Crippen molar-refractivity contribution in [2.75, 3.05) is 13.1 Å². The van der Waals surface area contributed by atoms with Gasteiger partial charge in [0, 0.05) is 35.8 Å². The Morgan fingerprint density at radius 3 is 2.95 bits per heavy atom. The van der Waals surface area contributed by atoms with E-state index in [2.05, 4.69) is 10.3 Å². The average molecular weight is 297 g/mol. The molecule has 1 aromatic heterocycles. The minimum Gasteiger partial charge on any atom is -0.484 e. The van der Waals surface area contributed by atoms with Crippen molar-refractivity contribution in [3.05, 3.63) is 39.8 Å². The number of hydrogen-bond acceptors (Lipinski definition) is 5. The summed E-state index contributed by atoms with van der Waals surface area (Å²) in [4.78, 5) is 4.18. The van der Waals surface area contributed by atoms with Gasteiger partial charge >= 0.3 is 0 Å². The van der Waals surface area contributed by atoms with E-state index in [1.54, 1.807) is 29.7 Å². The number of nitrogens with one attached hydrogen (secondary N) is 1. The van der Waals surface area contributed by atoms with Gasteiger partial charge in [0.05, 0.1) is 0 Å². The van der Waals surface area contributed by atoms with Crippen molar-refractivity contribution in [1.82, 2.24) is 10.3 Å². The summed E-state index contributed by atoms with van der Waals surface area (Å²) >= 11 is 7.57. The van der Waals surface area contributed by atoms with E-state index in [0.717, 1.165) is 18.1 Å². The molecular formula is C13H13ClN2O2S. The van der Waals surface area contributed by atoms with Gasteiger partial charge in [-0.3, -0.25) is 0 Å². The van der Waals surface area contributed by atoms with Crippen molar-refractivity contribution in [2.24, 2.45) is 0 Å². The largest absolute Gasteiger partial charge is 0.484 e. The van der Waals surface area contributed by atoms with E-state index < -0.39 is 0 Å². The highest BCUT2D eigenvalue weighted by molar-refractivity contribution is 7.09. The zero-order chi connectivity index (χ0) is 13.1. The van der Waals surface area contributed by atoms with Crippen LogP contribution in [0.1, 0.15) is 5.01 Å². The van der Waals surface area contributed by atoms with Crippen LogP contribution in [-0.4, -0.2) is 24.2 Å². The summed E-state index contributed by atoms with van der Waals surface area (Å²) in [5.41, 5.74) is 0. The second-order valence-corrected chi connectivity index (χ2v) is 5.62. The van der Waals surface area contributed by atoms with Crippen LogP contribution in [-0.2, 0) is 6.61 Å². The lowest BCUT2D eigenvalue weighted by atomic mass is 10.2. The molecule has 19 heavy (non-hydrogen) atoms. The molecule has 0 aliphatic carbocycles. The van der Waals surface area contributed by atoms with E-state index in [0.29, 0.717) is 23.1 Å². The fraction of sp³-hybridized carbons (Fsp3) is 0.308. The third-order valence-corrected chi connectivity index (χ3v) is 3.77. The van der Waals surface area contributed by atoms with Crippen LogP contribution in [0.5, 0.6) is 11.5 Å². The molecule has 1 aromatic carbocycles. The molecule has 0 bridgehead atoms. The molecule has 0 amide bonds. The Morgan fingerprint density at radius 1 is 1.37 bits per heavy atom. The van der Waals surface area contributed by atoms with Crippen LogP contribution < -0.4 is 14.8 Å². The lowest BCUT2D eigenvalue weighted by molar-refractivity contribution is 0.134. The minimum atomic E-state index is 0.195. The molecule has 0 radical (unpaired) electrons. The number of hydrogen-bond donors (Lipinski definition) is 1. The van der Waals surface area contributed by atoms with E-state index in [-0.39, 0.29) is 6.10 Å². The minimum absolute atomic E-state index is 0.195. The number of benzene rings is 1. The Hall–Kier alpha value is -1.30. The van der Waals surface area contributed by atoms with Crippen molar-refractivity contribution < 1.29 is 9.47 Å². The van der Waals surface area contributed by atoms with Gasteiger partial charge in [-0.1, -0.05) is 11.6 Å². The highest BCUT2D eigenvalue weighted by Crippen LogP contribution is 2.32. The Labute approximate surface area is 120 Å². The predicted octanol–water partition coefficient (Wildman–Crippen LogP) is 2.73. The number of aromatic nitrogens is 1. The smallest absolute Gasteiger partial charge is 0.163 e. The summed E-state index contributed by atoms with van der Waals surface area (Å²) in [7, 11) is 0. The first-order valence-corrected chi connectivity index (χ1v) is 7.25. The third kappa shape index (κ3) is 3.18. The number of rotatable bonds is 5. The van der Waals surface area contributed by atoms with Crippen LogP contribution in [0.25, 0.3) is 0 Å². The summed E-state index contributed by atoms with van der Waals surface area (Å²) in [5.74, 6) is 1.39. The molecular weight excluding hydrogens is 284 g/mol. The van der Waals surface area contributed by atoms with Gasteiger partial charge in [0.25, 0.3) is 0 Å². The summed E-state index contributed by atoms with van der Waals surface area (Å²) in [6.45, 7) is 2.16. The summed E-state index contributed by atoms with van der Waals surface area (Å²) < 4.78 is 11.6. The van der Waals surface area contributed by atoms with Gasteiger partial charge in [-0.25, -0.2) is 4.98 Å². The van der Waals surface area contributed by atoms with Gasteiger partial charge in [0.15, 0.2) is 11.5 Å². The fourth-order valence-corrected chi connectivity index (χ4v) is 2.37. The normalized spacial score (nSPS) is 15.0. The molecule has 4 nitrogen and oxygen atoms in total. The second kappa shape index (κ2) is 5.77. The summed E-state index contributed by atoms with van der Waals surface area (Å²) in [6.07, 6.45) is 1.96. The van der Waals surface area contributed by atoms with Gasteiger partial charge in [0.2, 0.25) is 0 Å². The van der Waals surface area contributed by atoms with Crippen LogP contribution in [0, 0.1) is 0 Å². The standard InChI is InChI=1S/C13H13ClN2O2S/c14-9-1-2-11(17-8-13-16-3-4-19-13)12(5-9)18-10-6-15-7-10/h1-5,10,15H,6-8H2.